The number of hydrogen-bond acceptors (Lipinski definition) is 3. The summed E-state index contributed by atoms with van der Waals surface area (Å²) in [6.07, 6.45) is 2.74. The fourth-order valence-electron chi connectivity index (χ4n) is 2.51. The van der Waals surface area contributed by atoms with E-state index in [9.17, 15) is 4.79 Å². The maximum atomic E-state index is 11.8. The third-order valence-electron chi connectivity index (χ3n) is 3.34. The third kappa shape index (κ3) is 1.82. The highest BCUT2D eigenvalue weighted by molar-refractivity contribution is 7.10. The molecule has 92 valence electrons. The van der Waals surface area contributed by atoms with Crippen molar-refractivity contribution in [2.45, 2.75) is 19.4 Å². The Morgan fingerprint density at radius 3 is 3.06 bits per heavy atom. The molecule has 0 saturated heterocycles. The Balaban J connectivity index is 2.10. The summed E-state index contributed by atoms with van der Waals surface area (Å²) in [5.41, 5.74) is 2.19. The summed E-state index contributed by atoms with van der Waals surface area (Å²) in [5.74, 6) is 0.113. The number of pyridine rings is 1. The van der Waals surface area contributed by atoms with Gasteiger partial charge in [-0.25, -0.2) is 0 Å². The number of aromatic nitrogens is 1. The number of thiophene rings is 1. The van der Waals surface area contributed by atoms with Gasteiger partial charge in [0.2, 0.25) is 5.91 Å². The number of carbonyl (C=O) groups is 1. The van der Waals surface area contributed by atoms with E-state index in [1.807, 2.05) is 23.1 Å². The van der Waals surface area contributed by atoms with Crippen molar-refractivity contribution >= 4 is 17.2 Å². The second-order valence-corrected chi connectivity index (χ2v) is 5.42. The lowest BCUT2D eigenvalue weighted by atomic mass is 9.96. The first-order valence-electron chi connectivity index (χ1n) is 6.02. The van der Waals surface area contributed by atoms with Gasteiger partial charge in [-0.3, -0.25) is 9.78 Å². The Kier molecular flexibility index (Phi) is 2.88. The van der Waals surface area contributed by atoms with Gasteiger partial charge in [-0.1, -0.05) is 6.07 Å². The second kappa shape index (κ2) is 4.53. The molecule has 1 aliphatic rings. The molecule has 2 aromatic heterocycles. The monoisotopic (exact) mass is 258 g/mol. The van der Waals surface area contributed by atoms with Crippen LogP contribution in [0.25, 0.3) is 0 Å². The Labute approximate surface area is 110 Å². The largest absolute Gasteiger partial charge is 0.330 e. The normalized spacial score (nSPS) is 18.5. The molecule has 0 aromatic carbocycles. The van der Waals surface area contributed by atoms with Crippen molar-refractivity contribution in [3.63, 3.8) is 0 Å². The summed E-state index contributed by atoms with van der Waals surface area (Å²) < 4.78 is 0. The summed E-state index contributed by atoms with van der Waals surface area (Å²) in [6.45, 7) is 2.41. The van der Waals surface area contributed by atoms with Crippen LogP contribution in [0.4, 0.5) is 0 Å². The molecule has 0 bridgehead atoms. The van der Waals surface area contributed by atoms with Crippen LogP contribution in [0, 0.1) is 0 Å². The predicted octanol–water partition coefficient (Wildman–Crippen LogP) is 2.64. The van der Waals surface area contributed by atoms with Crippen LogP contribution in [0.15, 0.2) is 35.8 Å². The van der Waals surface area contributed by atoms with E-state index in [1.165, 1.54) is 10.4 Å². The van der Waals surface area contributed by atoms with E-state index in [1.54, 1.807) is 24.5 Å². The molecule has 0 radical (unpaired) electrons. The van der Waals surface area contributed by atoms with Gasteiger partial charge in [0.1, 0.15) is 6.04 Å². The van der Waals surface area contributed by atoms with Crippen molar-refractivity contribution in [1.29, 1.82) is 0 Å². The highest BCUT2D eigenvalue weighted by atomic mass is 32.1. The molecule has 4 heteroatoms. The zero-order chi connectivity index (χ0) is 12.5. The van der Waals surface area contributed by atoms with Crippen molar-refractivity contribution < 1.29 is 4.79 Å². The Morgan fingerprint density at radius 1 is 1.44 bits per heavy atom. The molecular formula is C14H14N2OS. The standard InChI is InChI=1S/C14H14N2OS/c1-10(17)16-8-5-13-11(6-9-18-13)14(16)12-4-2-3-7-15-12/h2-4,6-7,9,14H,5,8H2,1H3. The van der Waals surface area contributed by atoms with Gasteiger partial charge in [0.15, 0.2) is 0 Å². The summed E-state index contributed by atoms with van der Waals surface area (Å²) in [4.78, 5) is 19.5. The SMILES string of the molecule is CC(=O)N1CCc2sccc2C1c1ccccn1. The van der Waals surface area contributed by atoms with Gasteiger partial charge in [0.05, 0.1) is 5.69 Å². The van der Waals surface area contributed by atoms with Gasteiger partial charge in [-0.05, 0) is 35.6 Å². The minimum Gasteiger partial charge on any atom is -0.330 e. The van der Waals surface area contributed by atoms with E-state index in [-0.39, 0.29) is 11.9 Å². The van der Waals surface area contributed by atoms with E-state index in [4.69, 9.17) is 0 Å². The van der Waals surface area contributed by atoms with Crippen LogP contribution in [0.5, 0.6) is 0 Å². The van der Waals surface area contributed by atoms with E-state index in [0.29, 0.717) is 0 Å². The maximum Gasteiger partial charge on any atom is 0.220 e. The molecular weight excluding hydrogens is 244 g/mol. The predicted molar refractivity (Wildman–Crippen MR) is 71.5 cm³/mol. The average Bonchev–Trinajstić information content (AvgIpc) is 2.86. The van der Waals surface area contributed by atoms with Gasteiger partial charge in [-0.2, -0.15) is 0 Å². The number of hydrogen-bond donors (Lipinski definition) is 0. The Morgan fingerprint density at radius 2 is 2.33 bits per heavy atom. The van der Waals surface area contributed by atoms with Crippen LogP contribution < -0.4 is 0 Å². The lowest BCUT2D eigenvalue weighted by Crippen LogP contribution is -2.39. The fraction of sp³-hybridized carbons (Fsp3) is 0.286. The lowest BCUT2D eigenvalue weighted by Gasteiger charge is -2.34. The van der Waals surface area contributed by atoms with Crippen LogP contribution in [0.2, 0.25) is 0 Å². The van der Waals surface area contributed by atoms with Gasteiger partial charge in [-0.15, -0.1) is 11.3 Å². The van der Waals surface area contributed by atoms with Gasteiger partial charge >= 0.3 is 0 Å². The molecule has 0 saturated carbocycles. The van der Waals surface area contributed by atoms with Gasteiger partial charge in [0, 0.05) is 24.5 Å². The van der Waals surface area contributed by atoms with E-state index in [0.717, 1.165) is 18.7 Å². The third-order valence-corrected chi connectivity index (χ3v) is 4.33. The number of amides is 1. The number of fused-ring (bicyclic) bond motifs is 1. The minimum atomic E-state index is -0.0151. The van der Waals surface area contributed by atoms with Crippen molar-refractivity contribution in [3.8, 4) is 0 Å². The highest BCUT2D eigenvalue weighted by Gasteiger charge is 2.31. The van der Waals surface area contributed by atoms with Crippen LogP contribution in [0.1, 0.15) is 29.1 Å². The maximum absolute atomic E-state index is 11.8. The van der Waals surface area contributed by atoms with Crippen LogP contribution >= 0.6 is 11.3 Å². The molecule has 0 aliphatic carbocycles. The molecule has 1 unspecified atom stereocenters. The van der Waals surface area contributed by atoms with Crippen molar-refractivity contribution in [2.75, 3.05) is 6.54 Å². The molecule has 1 aliphatic heterocycles. The Hall–Kier alpha value is -1.68. The summed E-state index contributed by atoms with van der Waals surface area (Å²) >= 11 is 1.77. The fourth-order valence-corrected chi connectivity index (χ4v) is 3.42. The van der Waals surface area contributed by atoms with Crippen LogP contribution in [-0.4, -0.2) is 22.3 Å². The second-order valence-electron chi connectivity index (χ2n) is 4.42. The molecule has 1 atom stereocenters. The minimum absolute atomic E-state index is 0.0151. The average molecular weight is 258 g/mol. The zero-order valence-corrected chi connectivity index (χ0v) is 11.0. The topological polar surface area (TPSA) is 33.2 Å². The zero-order valence-electron chi connectivity index (χ0n) is 10.2. The number of nitrogens with zero attached hydrogens (tertiary/aromatic N) is 2. The molecule has 3 heterocycles. The van der Waals surface area contributed by atoms with Gasteiger partial charge in [0.25, 0.3) is 0 Å². The molecule has 18 heavy (non-hydrogen) atoms. The summed E-state index contributed by atoms with van der Waals surface area (Å²) in [6, 6.07) is 7.97. The first-order chi connectivity index (χ1) is 8.77. The van der Waals surface area contributed by atoms with E-state index >= 15 is 0 Å². The highest BCUT2D eigenvalue weighted by Crippen LogP contribution is 2.36. The molecule has 0 N–H and O–H groups in total. The molecule has 0 fully saturated rings. The first-order valence-corrected chi connectivity index (χ1v) is 6.90. The van der Waals surface area contributed by atoms with Gasteiger partial charge < -0.3 is 4.90 Å². The molecule has 3 rings (SSSR count). The quantitative estimate of drug-likeness (QED) is 0.788. The lowest BCUT2D eigenvalue weighted by molar-refractivity contribution is -0.130. The van der Waals surface area contributed by atoms with Crippen molar-refractivity contribution in [3.05, 3.63) is 52.0 Å². The molecule has 3 nitrogen and oxygen atoms in total. The van der Waals surface area contributed by atoms with E-state index in [2.05, 4.69) is 16.4 Å². The first kappa shape index (κ1) is 11.4. The molecule has 0 spiro atoms. The summed E-state index contributed by atoms with van der Waals surface area (Å²) in [5, 5.41) is 2.10. The molecule has 1 amide bonds. The number of rotatable bonds is 1. The van der Waals surface area contributed by atoms with Crippen LogP contribution in [-0.2, 0) is 11.2 Å². The molecule has 2 aromatic rings. The van der Waals surface area contributed by atoms with E-state index < -0.39 is 0 Å². The Bertz CT molecular complexity index is 564. The smallest absolute Gasteiger partial charge is 0.220 e. The van der Waals surface area contributed by atoms with Crippen molar-refractivity contribution in [1.82, 2.24) is 9.88 Å². The van der Waals surface area contributed by atoms with Crippen LogP contribution in [0.3, 0.4) is 0 Å². The summed E-state index contributed by atoms with van der Waals surface area (Å²) in [7, 11) is 0. The van der Waals surface area contributed by atoms with Crippen molar-refractivity contribution in [2.24, 2.45) is 0 Å². The number of carbonyl (C=O) groups excluding carboxylic acids is 1.